The first-order chi connectivity index (χ1) is 9.05. The summed E-state index contributed by atoms with van der Waals surface area (Å²) < 4.78 is 0. The summed E-state index contributed by atoms with van der Waals surface area (Å²) in [5.41, 5.74) is 3.87. The molecule has 4 unspecified atom stereocenters. The molecule has 0 aromatic rings. The Kier molecular flexibility index (Phi) is 4.43. The van der Waals surface area contributed by atoms with Gasteiger partial charge in [-0.05, 0) is 58.6 Å². The van der Waals surface area contributed by atoms with Crippen LogP contribution in [0.3, 0.4) is 0 Å². The zero-order chi connectivity index (χ0) is 13.5. The SMILES string of the molecule is CC(C)(C)N1NCCC1C1CCC(C2CCCS2)S1. The number of hydrazine groups is 1. The zero-order valence-electron chi connectivity index (χ0n) is 12.5. The maximum absolute atomic E-state index is 3.62. The third kappa shape index (κ3) is 3.12. The van der Waals surface area contributed by atoms with Gasteiger partial charge in [-0.25, -0.2) is 5.01 Å². The summed E-state index contributed by atoms with van der Waals surface area (Å²) in [5.74, 6) is 1.41. The van der Waals surface area contributed by atoms with Gasteiger partial charge >= 0.3 is 0 Å². The van der Waals surface area contributed by atoms with Gasteiger partial charge in [0.1, 0.15) is 0 Å². The molecule has 0 aromatic heterocycles. The molecule has 110 valence electrons. The molecule has 0 spiro atoms. The molecule has 0 saturated carbocycles. The lowest BCUT2D eigenvalue weighted by Crippen LogP contribution is -2.53. The fraction of sp³-hybridized carbons (Fsp3) is 1.00. The summed E-state index contributed by atoms with van der Waals surface area (Å²) in [6, 6.07) is 0.751. The van der Waals surface area contributed by atoms with Crippen LogP contribution in [0.25, 0.3) is 0 Å². The van der Waals surface area contributed by atoms with Crippen LogP contribution in [0.1, 0.15) is 52.9 Å². The van der Waals surface area contributed by atoms with E-state index in [-0.39, 0.29) is 5.54 Å². The molecule has 3 aliphatic rings. The van der Waals surface area contributed by atoms with Crippen LogP contribution in [0.2, 0.25) is 0 Å². The quantitative estimate of drug-likeness (QED) is 0.839. The van der Waals surface area contributed by atoms with Gasteiger partial charge in [-0.2, -0.15) is 23.5 Å². The Morgan fingerprint density at radius 3 is 2.47 bits per heavy atom. The van der Waals surface area contributed by atoms with Crippen molar-refractivity contribution in [3.63, 3.8) is 0 Å². The standard InChI is InChI=1S/C15H28N2S2/c1-15(2,3)17-11(8-9-16-17)12-6-7-14(19-12)13-5-4-10-18-13/h11-14,16H,4-10H2,1-3H3. The molecule has 0 radical (unpaired) electrons. The normalized spacial score (nSPS) is 41.2. The van der Waals surface area contributed by atoms with Gasteiger partial charge in [0.15, 0.2) is 0 Å². The molecule has 0 bridgehead atoms. The molecule has 3 fully saturated rings. The van der Waals surface area contributed by atoms with Crippen LogP contribution in [-0.4, -0.2) is 44.6 Å². The van der Waals surface area contributed by atoms with Crippen LogP contribution >= 0.6 is 23.5 Å². The molecule has 1 N–H and O–H groups in total. The first-order valence-electron chi connectivity index (χ1n) is 7.85. The van der Waals surface area contributed by atoms with E-state index < -0.39 is 0 Å². The van der Waals surface area contributed by atoms with E-state index in [1.165, 1.54) is 44.4 Å². The fourth-order valence-electron chi connectivity index (χ4n) is 3.81. The Morgan fingerprint density at radius 1 is 1.00 bits per heavy atom. The van der Waals surface area contributed by atoms with Crippen molar-refractivity contribution in [2.24, 2.45) is 0 Å². The zero-order valence-corrected chi connectivity index (χ0v) is 14.2. The van der Waals surface area contributed by atoms with Gasteiger partial charge in [0.25, 0.3) is 0 Å². The minimum absolute atomic E-state index is 0.252. The summed E-state index contributed by atoms with van der Waals surface area (Å²) in [6.07, 6.45) is 7.16. The van der Waals surface area contributed by atoms with Crippen LogP contribution in [0.5, 0.6) is 0 Å². The maximum Gasteiger partial charge on any atom is 0.0380 e. The lowest BCUT2D eigenvalue weighted by atomic mass is 10.00. The van der Waals surface area contributed by atoms with Gasteiger partial charge in [-0.15, -0.1) is 0 Å². The molecular formula is C15H28N2S2. The lowest BCUT2D eigenvalue weighted by molar-refractivity contribution is 0.0672. The Morgan fingerprint density at radius 2 is 1.79 bits per heavy atom. The Hall–Kier alpha value is 0.620. The molecule has 2 nitrogen and oxygen atoms in total. The summed E-state index contributed by atoms with van der Waals surface area (Å²) in [6.45, 7) is 8.18. The second-order valence-corrected chi connectivity index (χ2v) is 9.98. The molecule has 0 amide bonds. The summed E-state index contributed by atoms with van der Waals surface area (Å²) in [4.78, 5) is 0. The van der Waals surface area contributed by atoms with Crippen LogP contribution in [-0.2, 0) is 0 Å². The van der Waals surface area contributed by atoms with Crippen LogP contribution in [0, 0.1) is 0 Å². The predicted molar refractivity (Wildman–Crippen MR) is 87.9 cm³/mol. The van der Waals surface area contributed by atoms with Crippen molar-refractivity contribution in [1.29, 1.82) is 0 Å². The summed E-state index contributed by atoms with van der Waals surface area (Å²) in [7, 11) is 0. The van der Waals surface area contributed by atoms with Gasteiger partial charge in [0, 0.05) is 33.9 Å². The second-order valence-electron chi connectivity index (χ2n) is 7.15. The molecule has 19 heavy (non-hydrogen) atoms. The van der Waals surface area contributed by atoms with E-state index in [1.807, 2.05) is 0 Å². The molecule has 4 heteroatoms. The van der Waals surface area contributed by atoms with Crippen molar-refractivity contribution in [1.82, 2.24) is 10.4 Å². The number of rotatable bonds is 2. The molecule has 3 rings (SSSR count). The molecule has 4 atom stereocenters. The average Bonchev–Trinajstić information content (AvgIpc) is 3.09. The van der Waals surface area contributed by atoms with Crippen LogP contribution < -0.4 is 5.43 Å². The minimum atomic E-state index is 0.252. The van der Waals surface area contributed by atoms with Crippen molar-refractivity contribution in [2.45, 2.75) is 80.2 Å². The number of nitrogens with zero attached hydrogens (tertiary/aromatic N) is 1. The van der Waals surface area contributed by atoms with Gasteiger partial charge < -0.3 is 0 Å². The largest absolute Gasteiger partial charge is 0.254 e. The average molecular weight is 301 g/mol. The van der Waals surface area contributed by atoms with Gasteiger partial charge in [0.05, 0.1) is 0 Å². The van der Waals surface area contributed by atoms with E-state index in [4.69, 9.17) is 0 Å². The highest BCUT2D eigenvalue weighted by Crippen LogP contribution is 2.46. The van der Waals surface area contributed by atoms with E-state index in [0.29, 0.717) is 0 Å². The van der Waals surface area contributed by atoms with E-state index in [2.05, 4.69) is 54.7 Å². The monoisotopic (exact) mass is 300 g/mol. The van der Waals surface area contributed by atoms with Gasteiger partial charge in [-0.1, -0.05) is 0 Å². The summed E-state index contributed by atoms with van der Waals surface area (Å²) >= 11 is 4.56. The Balaban J connectivity index is 1.60. The number of hydrogen-bond donors (Lipinski definition) is 1. The van der Waals surface area contributed by atoms with Gasteiger partial charge in [-0.3, -0.25) is 5.43 Å². The van der Waals surface area contributed by atoms with Crippen molar-refractivity contribution < 1.29 is 0 Å². The Bertz CT molecular complexity index is 310. The highest BCUT2D eigenvalue weighted by molar-refractivity contribution is 8.04. The molecule has 3 saturated heterocycles. The van der Waals surface area contributed by atoms with E-state index in [9.17, 15) is 0 Å². The third-order valence-electron chi connectivity index (χ3n) is 4.67. The second kappa shape index (κ2) is 5.78. The first kappa shape index (κ1) is 14.6. The topological polar surface area (TPSA) is 15.3 Å². The lowest BCUT2D eigenvalue weighted by Gasteiger charge is -2.39. The predicted octanol–water partition coefficient (Wildman–Crippen LogP) is 3.52. The first-order valence-corrected chi connectivity index (χ1v) is 9.85. The van der Waals surface area contributed by atoms with Crippen LogP contribution in [0.15, 0.2) is 0 Å². The minimum Gasteiger partial charge on any atom is -0.254 e. The molecular weight excluding hydrogens is 272 g/mol. The number of nitrogens with one attached hydrogen (secondary N) is 1. The third-order valence-corrected chi connectivity index (χ3v) is 8.17. The van der Waals surface area contributed by atoms with Crippen molar-refractivity contribution >= 4 is 23.5 Å². The van der Waals surface area contributed by atoms with Crippen molar-refractivity contribution in [3.8, 4) is 0 Å². The fourth-order valence-corrected chi connectivity index (χ4v) is 7.30. The molecule has 0 aliphatic carbocycles. The smallest absolute Gasteiger partial charge is 0.0380 e. The Labute approximate surface area is 126 Å². The van der Waals surface area contributed by atoms with E-state index >= 15 is 0 Å². The van der Waals surface area contributed by atoms with Crippen molar-refractivity contribution in [3.05, 3.63) is 0 Å². The highest BCUT2D eigenvalue weighted by Gasteiger charge is 2.43. The molecule has 0 aromatic carbocycles. The summed E-state index contributed by atoms with van der Waals surface area (Å²) in [5, 5.41) is 5.32. The highest BCUT2D eigenvalue weighted by atomic mass is 32.2. The number of hydrogen-bond acceptors (Lipinski definition) is 4. The maximum atomic E-state index is 3.62. The number of thioether (sulfide) groups is 2. The van der Waals surface area contributed by atoms with Crippen LogP contribution in [0.4, 0.5) is 0 Å². The molecule has 3 heterocycles. The van der Waals surface area contributed by atoms with E-state index in [1.54, 1.807) is 0 Å². The van der Waals surface area contributed by atoms with Gasteiger partial charge in [0.2, 0.25) is 0 Å². The van der Waals surface area contributed by atoms with Crippen molar-refractivity contribution in [2.75, 3.05) is 12.3 Å². The molecule has 3 aliphatic heterocycles. The van der Waals surface area contributed by atoms with E-state index in [0.717, 1.165) is 21.8 Å².